The van der Waals surface area contributed by atoms with Gasteiger partial charge in [0.25, 0.3) is 0 Å². The number of aryl methyl sites for hydroxylation is 1. The van der Waals surface area contributed by atoms with Crippen LogP contribution in [0.2, 0.25) is 0 Å². The topological polar surface area (TPSA) is 106 Å². The first-order chi connectivity index (χ1) is 13.5. The van der Waals surface area contributed by atoms with Crippen molar-refractivity contribution in [1.82, 2.24) is 14.7 Å². The van der Waals surface area contributed by atoms with E-state index in [0.717, 1.165) is 18.9 Å². The van der Waals surface area contributed by atoms with Crippen molar-refractivity contribution in [1.29, 1.82) is 0 Å². The van der Waals surface area contributed by atoms with Crippen LogP contribution in [0, 0.1) is 6.92 Å². The molecule has 2 N–H and O–H groups in total. The number of nitrogens with zero attached hydrogens (tertiary/aromatic N) is 3. The van der Waals surface area contributed by atoms with Crippen molar-refractivity contribution in [2.24, 2.45) is 0 Å². The summed E-state index contributed by atoms with van der Waals surface area (Å²) >= 11 is 0. The number of anilines is 2. The molecule has 1 aromatic carbocycles. The minimum absolute atomic E-state index is 0.166. The van der Waals surface area contributed by atoms with Crippen molar-refractivity contribution >= 4 is 21.7 Å². The molecular weight excluding hydrogens is 382 g/mol. The first-order valence-corrected chi connectivity index (χ1v) is 10.5. The lowest BCUT2D eigenvalue weighted by atomic mass is 10.3. The van der Waals surface area contributed by atoms with Crippen molar-refractivity contribution in [2.75, 3.05) is 56.7 Å². The summed E-state index contributed by atoms with van der Waals surface area (Å²) in [4.78, 5) is 11.2. The molecule has 0 aliphatic carbocycles. The van der Waals surface area contributed by atoms with Gasteiger partial charge in [-0.25, -0.2) is 23.1 Å². The third-order valence-corrected chi connectivity index (χ3v) is 5.69. The molecule has 1 aromatic heterocycles. The van der Waals surface area contributed by atoms with Crippen LogP contribution >= 0.6 is 0 Å². The minimum atomic E-state index is -3.61. The SMILES string of the molecule is COc1cccc(S(=O)(=O)NCCNc2cc(N3CCOCC3)nc(C)n2)c1. The Balaban J connectivity index is 1.56. The van der Waals surface area contributed by atoms with Crippen LogP contribution in [-0.4, -0.2) is 64.9 Å². The normalized spacial score (nSPS) is 14.7. The Labute approximate surface area is 165 Å². The Morgan fingerprint density at radius 2 is 1.96 bits per heavy atom. The van der Waals surface area contributed by atoms with E-state index in [4.69, 9.17) is 9.47 Å². The molecule has 0 bridgehead atoms. The van der Waals surface area contributed by atoms with Gasteiger partial charge in [0.15, 0.2) is 0 Å². The summed E-state index contributed by atoms with van der Waals surface area (Å²) < 4.78 is 37.8. The lowest BCUT2D eigenvalue weighted by Crippen LogP contribution is -2.37. The zero-order valence-corrected chi connectivity index (χ0v) is 16.8. The number of sulfonamides is 1. The first-order valence-electron chi connectivity index (χ1n) is 9.04. The summed E-state index contributed by atoms with van der Waals surface area (Å²) in [7, 11) is -2.11. The summed E-state index contributed by atoms with van der Waals surface area (Å²) in [6.45, 7) is 5.38. The fraction of sp³-hybridized carbons (Fsp3) is 0.444. The zero-order chi connectivity index (χ0) is 20.0. The third-order valence-electron chi connectivity index (χ3n) is 4.23. The summed E-state index contributed by atoms with van der Waals surface area (Å²) in [5, 5.41) is 3.15. The number of ether oxygens (including phenoxy) is 2. The van der Waals surface area contributed by atoms with Crippen molar-refractivity contribution in [3.8, 4) is 5.75 Å². The largest absolute Gasteiger partial charge is 0.497 e. The van der Waals surface area contributed by atoms with Crippen LogP contribution in [0.15, 0.2) is 35.2 Å². The molecule has 1 aliphatic heterocycles. The summed E-state index contributed by atoms with van der Waals surface area (Å²) in [6, 6.07) is 8.22. The number of hydrogen-bond acceptors (Lipinski definition) is 8. The Hall–Kier alpha value is -2.43. The van der Waals surface area contributed by atoms with Crippen LogP contribution < -0.4 is 19.7 Å². The minimum Gasteiger partial charge on any atom is -0.497 e. The van der Waals surface area contributed by atoms with Crippen LogP contribution in [0.1, 0.15) is 5.82 Å². The molecule has 152 valence electrons. The van der Waals surface area contributed by atoms with Gasteiger partial charge < -0.3 is 19.7 Å². The van der Waals surface area contributed by atoms with Gasteiger partial charge in [-0.15, -0.1) is 0 Å². The highest BCUT2D eigenvalue weighted by molar-refractivity contribution is 7.89. The van der Waals surface area contributed by atoms with Crippen LogP contribution in [0.5, 0.6) is 5.75 Å². The number of methoxy groups -OCH3 is 1. The monoisotopic (exact) mass is 407 g/mol. The van der Waals surface area contributed by atoms with Gasteiger partial charge >= 0.3 is 0 Å². The number of benzene rings is 1. The van der Waals surface area contributed by atoms with Gasteiger partial charge in [-0.05, 0) is 19.1 Å². The molecule has 10 heteroatoms. The summed E-state index contributed by atoms with van der Waals surface area (Å²) in [6.07, 6.45) is 0. The highest BCUT2D eigenvalue weighted by Crippen LogP contribution is 2.18. The highest BCUT2D eigenvalue weighted by Gasteiger charge is 2.15. The Morgan fingerprint density at radius 3 is 2.71 bits per heavy atom. The Morgan fingerprint density at radius 1 is 1.18 bits per heavy atom. The van der Waals surface area contributed by atoms with Gasteiger partial charge in [-0.3, -0.25) is 0 Å². The van der Waals surface area contributed by atoms with E-state index in [1.54, 1.807) is 12.1 Å². The van der Waals surface area contributed by atoms with Crippen molar-refractivity contribution < 1.29 is 17.9 Å². The molecule has 1 saturated heterocycles. The molecule has 2 heterocycles. The molecule has 0 radical (unpaired) electrons. The predicted molar refractivity (Wildman–Crippen MR) is 106 cm³/mol. The average molecular weight is 407 g/mol. The number of aromatic nitrogens is 2. The van der Waals surface area contributed by atoms with E-state index in [-0.39, 0.29) is 11.4 Å². The lowest BCUT2D eigenvalue weighted by Gasteiger charge is -2.28. The molecule has 1 fully saturated rings. The number of hydrogen-bond donors (Lipinski definition) is 2. The molecule has 0 saturated carbocycles. The van der Waals surface area contributed by atoms with Gasteiger partial charge in [-0.1, -0.05) is 6.07 Å². The summed E-state index contributed by atoms with van der Waals surface area (Å²) in [5.41, 5.74) is 0. The van der Waals surface area contributed by atoms with Crippen molar-refractivity contribution in [3.05, 3.63) is 36.2 Å². The molecule has 28 heavy (non-hydrogen) atoms. The third kappa shape index (κ3) is 5.31. The molecule has 1 aliphatic rings. The second kappa shape index (κ2) is 9.18. The summed E-state index contributed by atoms with van der Waals surface area (Å²) in [5.74, 6) is 2.65. The second-order valence-corrected chi connectivity index (χ2v) is 8.03. The molecule has 0 unspecified atom stereocenters. The molecule has 0 amide bonds. The molecule has 3 rings (SSSR count). The van der Waals surface area contributed by atoms with Crippen LogP contribution in [0.25, 0.3) is 0 Å². The van der Waals surface area contributed by atoms with Crippen molar-refractivity contribution in [2.45, 2.75) is 11.8 Å². The smallest absolute Gasteiger partial charge is 0.240 e. The van der Waals surface area contributed by atoms with E-state index in [1.807, 2.05) is 13.0 Å². The van der Waals surface area contributed by atoms with Crippen LogP contribution in [0.4, 0.5) is 11.6 Å². The van der Waals surface area contributed by atoms with E-state index < -0.39 is 10.0 Å². The van der Waals surface area contributed by atoms with E-state index in [0.29, 0.717) is 37.2 Å². The Bertz CT molecular complexity index is 901. The van der Waals surface area contributed by atoms with E-state index >= 15 is 0 Å². The van der Waals surface area contributed by atoms with Gasteiger partial charge in [0, 0.05) is 38.3 Å². The molecule has 0 spiro atoms. The number of nitrogens with one attached hydrogen (secondary N) is 2. The van der Waals surface area contributed by atoms with E-state index in [9.17, 15) is 8.42 Å². The Kier molecular flexibility index (Phi) is 6.65. The van der Waals surface area contributed by atoms with Gasteiger partial charge in [0.1, 0.15) is 23.2 Å². The quantitative estimate of drug-likeness (QED) is 0.625. The predicted octanol–water partition coefficient (Wildman–Crippen LogP) is 1.02. The average Bonchev–Trinajstić information content (AvgIpc) is 2.71. The van der Waals surface area contributed by atoms with Crippen LogP contribution in [-0.2, 0) is 14.8 Å². The molecular formula is C18H25N5O4S. The number of rotatable bonds is 8. The number of morpholine rings is 1. The van der Waals surface area contributed by atoms with E-state index in [2.05, 4.69) is 24.9 Å². The van der Waals surface area contributed by atoms with E-state index in [1.165, 1.54) is 19.2 Å². The zero-order valence-electron chi connectivity index (χ0n) is 16.0. The fourth-order valence-electron chi connectivity index (χ4n) is 2.82. The van der Waals surface area contributed by atoms with Gasteiger partial charge in [0.05, 0.1) is 25.2 Å². The van der Waals surface area contributed by atoms with Gasteiger partial charge in [-0.2, -0.15) is 0 Å². The first kappa shape index (κ1) is 20.3. The molecule has 2 aromatic rings. The standard InChI is InChI=1S/C18H25N5O4S/c1-14-21-17(13-18(22-14)23-8-10-27-11-9-23)19-6-7-20-28(24,25)16-5-3-4-15(12-16)26-2/h3-5,12-13,20H,6-11H2,1-2H3,(H,19,21,22). The highest BCUT2D eigenvalue weighted by atomic mass is 32.2. The van der Waals surface area contributed by atoms with Crippen molar-refractivity contribution in [3.63, 3.8) is 0 Å². The maximum Gasteiger partial charge on any atom is 0.240 e. The lowest BCUT2D eigenvalue weighted by molar-refractivity contribution is 0.122. The van der Waals surface area contributed by atoms with Crippen LogP contribution in [0.3, 0.4) is 0 Å². The molecule has 9 nitrogen and oxygen atoms in total. The molecule has 0 atom stereocenters. The fourth-order valence-corrected chi connectivity index (χ4v) is 3.89. The van der Waals surface area contributed by atoms with Gasteiger partial charge in [0.2, 0.25) is 10.0 Å². The maximum absolute atomic E-state index is 12.4. The maximum atomic E-state index is 12.4. The second-order valence-electron chi connectivity index (χ2n) is 6.26.